The molecule has 0 saturated carbocycles. The third-order valence-corrected chi connectivity index (χ3v) is 2.58. The number of aryl methyl sites for hydroxylation is 1. The minimum atomic E-state index is -4.65. The Kier molecular flexibility index (Phi) is 2.96. The van der Waals surface area contributed by atoms with Crippen molar-refractivity contribution in [1.82, 2.24) is 0 Å². The minimum absolute atomic E-state index is 0.112. The van der Waals surface area contributed by atoms with Crippen LogP contribution in [0.3, 0.4) is 0 Å². The predicted octanol–water partition coefficient (Wildman–Crippen LogP) is 4.30. The fourth-order valence-electron chi connectivity index (χ4n) is 1.90. The van der Waals surface area contributed by atoms with Crippen molar-refractivity contribution in [2.24, 2.45) is 0 Å². The highest BCUT2D eigenvalue weighted by molar-refractivity contribution is 5.87. The van der Waals surface area contributed by atoms with Crippen LogP contribution in [0.25, 0.3) is 10.8 Å². The van der Waals surface area contributed by atoms with Gasteiger partial charge in [-0.2, -0.15) is 0 Å². The van der Waals surface area contributed by atoms with Crippen molar-refractivity contribution in [3.63, 3.8) is 0 Å². The molecular formula is C13H11F3O. The molecule has 0 amide bonds. The largest absolute Gasteiger partial charge is 0.573 e. The molecule has 1 nitrogen and oxygen atoms in total. The van der Waals surface area contributed by atoms with Gasteiger partial charge in [0.2, 0.25) is 0 Å². The molecule has 0 saturated heterocycles. The van der Waals surface area contributed by atoms with Gasteiger partial charge in [-0.15, -0.1) is 13.2 Å². The molecule has 90 valence electrons. The first-order valence-electron chi connectivity index (χ1n) is 5.27. The van der Waals surface area contributed by atoms with Crippen LogP contribution in [0, 0.1) is 0 Å². The summed E-state index contributed by atoms with van der Waals surface area (Å²) in [7, 11) is 0. The lowest BCUT2D eigenvalue weighted by atomic mass is 10.0. The second kappa shape index (κ2) is 4.28. The average molecular weight is 240 g/mol. The molecule has 0 bridgehead atoms. The molecule has 0 unspecified atom stereocenters. The number of hydrogen-bond donors (Lipinski definition) is 0. The second-order valence-electron chi connectivity index (χ2n) is 3.66. The molecule has 2 aromatic rings. The molecule has 0 N–H and O–H groups in total. The summed E-state index contributed by atoms with van der Waals surface area (Å²) in [4.78, 5) is 0. The Morgan fingerprint density at radius 1 is 1.06 bits per heavy atom. The molecule has 2 aromatic carbocycles. The van der Waals surface area contributed by atoms with Gasteiger partial charge in [-0.05, 0) is 23.3 Å². The first-order valence-corrected chi connectivity index (χ1v) is 5.27. The molecule has 0 fully saturated rings. The molecule has 0 aromatic heterocycles. The van der Waals surface area contributed by atoms with Crippen LogP contribution in [0.2, 0.25) is 0 Å². The van der Waals surface area contributed by atoms with Crippen LogP contribution in [-0.4, -0.2) is 6.36 Å². The van der Waals surface area contributed by atoms with Gasteiger partial charge in [-0.25, -0.2) is 0 Å². The summed E-state index contributed by atoms with van der Waals surface area (Å²) in [5, 5.41) is 1.72. The van der Waals surface area contributed by atoms with Gasteiger partial charge in [0.05, 0.1) is 0 Å². The second-order valence-corrected chi connectivity index (χ2v) is 3.66. The number of hydrogen-bond acceptors (Lipinski definition) is 1. The summed E-state index contributed by atoms with van der Waals surface area (Å²) < 4.78 is 40.7. The summed E-state index contributed by atoms with van der Waals surface area (Å²) in [5.74, 6) is -0.112. The molecule has 0 aliphatic heterocycles. The monoisotopic (exact) mass is 240 g/mol. The van der Waals surface area contributed by atoms with E-state index in [2.05, 4.69) is 4.74 Å². The van der Waals surface area contributed by atoms with E-state index in [1.165, 1.54) is 6.07 Å². The number of ether oxygens (including phenoxy) is 1. The van der Waals surface area contributed by atoms with Crippen molar-refractivity contribution < 1.29 is 17.9 Å². The third-order valence-electron chi connectivity index (χ3n) is 2.58. The predicted molar refractivity (Wildman–Crippen MR) is 60.0 cm³/mol. The van der Waals surface area contributed by atoms with Gasteiger partial charge in [-0.1, -0.05) is 37.3 Å². The Morgan fingerprint density at radius 3 is 2.41 bits per heavy atom. The summed E-state index contributed by atoms with van der Waals surface area (Å²) in [6.45, 7) is 1.81. The van der Waals surface area contributed by atoms with Crippen molar-refractivity contribution in [3.05, 3.63) is 42.0 Å². The van der Waals surface area contributed by atoms with E-state index in [4.69, 9.17) is 0 Å². The highest BCUT2D eigenvalue weighted by Crippen LogP contribution is 2.32. The van der Waals surface area contributed by atoms with Gasteiger partial charge < -0.3 is 4.74 Å². The zero-order chi connectivity index (χ0) is 12.5. The third kappa shape index (κ3) is 2.52. The Labute approximate surface area is 96.8 Å². The van der Waals surface area contributed by atoms with Crippen LogP contribution in [-0.2, 0) is 6.42 Å². The Hall–Kier alpha value is -1.71. The quantitative estimate of drug-likeness (QED) is 0.760. The number of benzene rings is 2. The Balaban J connectivity index is 2.57. The molecule has 0 heterocycles. The maximum atomic E-state index is 12.2. The van der Waals surface area contributed by atoms with Crippen molar-refractivity contribution in [2.75, 3.05) is 0 Å². The first-order chi connectivity index (χ1) is 8.01. The van der Waals surface area contributed by atoms with Crippen LogP contribution in [0.1, 0.15) is 12.5 Å². The Bertz CT molecular complexity index is 532. The molecule has 0 aliphatic rings. The van der Waals surface area contributed by atoms with Crippen LogP contribution in [0.4, 0.5) is 13.2 Å². The maximum absolute atomic E-state index is 12.2. The average Bonchev–Trinajstić information content (AvgIpc) is 2.27. The van der Waals surface area contributed by atoms with E-state index in [1.807, 2.05) is 19.1 Å². The molecule has 0 spiro atoms. The van der Waals surface area contributed by atoms with Gasteiger partial charge >= 0.3 is 6.36 Å². The summed E-state index contributed by atoms with van der Waals surface area (Å²) in [6, 6.07) is 10.3. The van der Waals surface area contributed by atoms with Crippen molar-refractivity contribution in [3.8, 4) is 5.75 Å². The highest BCUT2D eigenvalue weighted by Gasteiger charge is 2.32. The molecule has 0 aliphatic carbocycles. The van der Waals surface area contributed by atoms with Crippen LogP contribution in [0.15, 0.2) is 36.4 Å². The number of rotatable bonds is 2. The van der Waals surface area contributed by atoms with Gasteiger partial charge in [0.25, 0.3) is 0 Å². The van der Waals surface area contributed by atoms with Crippen molar-refractivity contribution >= 4 is 10.8 Å². The van der Waals surface area contributed by atoms with E-state index >= 15 is 0 Å². The number of halogens is 3. The van der Waals surface area contributed by atoms with E-state index in [9.17, 15) is 13.2 Å². The molecule has 4 heteroatoms. The summed E-state index contributed by atoms with van der Waals surface area (Å²) in [5.41, 5.74) is 0.584. The van der Waals surface area contributed by atoms with E-state index in [1.54, 1.807) is 18.2 Å². The topological polar surface area (TPSA) is 9.23 Å². The molecule has 17 heavy (non-hydrogen) atoms. The number of alkyl halides is 3. The van der Waals surface area contributed by atoms with Crippen LogP contribution < -0.4 is 4.74 Å². The van der Waals surface area contributed by atoms with Crippen LogP contribution >= 0.6 is 0 Å². The first kappa shape index (κ1) is 11.8. The van der Waals surface area contributed by atoms with Crippen molar-refractivity contribution in [1.29, 1.82) is 0 Å². The molecule has 2 rings (SSSR count). The standard InChI is InChI=1S/C13H11F3O/c1-2-10-11-6-4-3-5-9(11)7-8-12(10)17-13(14,15)16/h3-8H,2H2,1H3. The fourth-order valence-corrected chi connectivity index (χ4v) is 1.90. The van der Waals surface area contributed by atoms with Crippen molar-refractivity contribution in [2.45, 2.75) is 19.7 Å². The van der Waals surface area contributed by atoms with Gasteiger partial charge in [-0.3, -0.25) is 0 Å². The van der Waals surface area contributed by atoms with E-state index in [0.717, 1.165) is 10.8 Å². The SMILES string of the molecule is CCc1c(OC(F)(F)F)ccc2ccccc12. The maximum Gasteiger partial charge on any atom is 0.573 e. The zero-order valence-electron chi connectivity index (χ0n) is 9.21. The molecule has 0 radical (unpaired) electrons. The summed E-state index contributed by atoms with van der Waals surface area (Å²) in [6.07, 6.45) is -4.15. The van der Waals surface area contributed by atoms with E-state index in [0.29, 0.717) is 12.0 Å². The molecule has 0 atom stereocenters. The van der Waals surface area contributed by atoms with Gasteiger partial charge in [0.15, 0.2) is 0 Å². The highest BCUT2D eigenvalue weighted by atomic mass is 19.4. The normalized spacial score (nSPS) is 11.8. The van der Waals surface area contributed by atoms with E-state index in [-0.39, 0.29) is 5.75 Å². The fraction of sp³-hybridized carbons (Fsp3) is 0.231. The minimum Gasteiger partial charge on any atom is -0.405 e. The number of fused-ring (bicyclic) bond motifs is 1. The van der Waals surface area contributed by atoms with Crippen LogP contribution in [0.5, 0.6) is 5.75 Å². The van der Waals surface area contributed by atoms with E-state index < -0.39 is 6.36 Å². The van der Waals surface area contributed by atoms with Gasteiger partial charge in [0, 0.05) is 5.56 Å². The lowest BCUT2D eigenvalue weighted by Crippen LogP contribution is -2.18. The molecular weight excluding hydrogens is 229 g/mol. The lowest BCUT2D eigenvalue weighted by Gasteiger charge is -2.14. The smallest absolute Gasteiger partial charge is 0.405 e. The van der Waals surface area contributed by atoms with Gasteiger partial charge in [0.1, 0.15) is 5.75 Å². The Morgan fingerprint density at radius 2 is 1.76 bits per heavy atom. The zero-order valence-corrected chi connectivity index (χ0v) is 9.21. The summed E-state index contributed by atoms with van der Waals surface area (Å²) >= 11 is 0. The lowest BCUT2D eigenvalue weighted by molar-refractivity contribution is -0.274.